The molecule has 0 heterocycles. The van der Waals surface area contributed by atoms with Gasteiger partial charge in [-0.2, -0.15) is 0 Å². The molecule has 1 rings (SSSR count). The highest BCUT2D eigenvalue weighted by molar-refractivity contribution is 5.97. The molecule has 0 unspecified atom stereocenters. The lowest BCUT2D eigenvalue weighted by atomic mass is 10.1. The van der Waals surface area contributed by atoms with Gasteiger partial charge in [0.25, 0.3) is 0 Å². The molecule has 1 aromatic carbocycles. The van der Waals surface area contributed by atoms with Crippen molar-refractivity contribution < 1.29 is 14.9 Å². The fourth-order valence-corrected chi connectivity index (χ4v) is 0.923. The third-order valence-electron chi connectivity index (χ3n) is 1.78. The molecule has 1 aromatic rings. The first kappa shape index (κ1) is 11.5. The summed E-state index contributed by atoms with van der Waals surface area (Å²) in [6.45, 7) is 3.21. The fraction of sp³-hybridized carbons (Fsp3) is 0.300. The molecular weight excluding hydrogens is 196 g/mol. The van der Waals surface area contributed by atoms with Crippen LogP contribution in [0.5, 0.6) is 5.75 Å². The van der Waals surface area contributed by atoms with Crippen molar-refractivity contribution in [1.82, 2.24) is 0 Å². The zero-order chi connectivity index (χ0) is 11.5. The molecule has 0 saturated carbocycles. The highest BCUT2D eigenvalue weighted by atomic mass is 17.1. The number of carbonyl (C=O) groups excluding carboxylic acids is 1. The maximum atomic E-state index is 11.5. The average Bonchev–Trinajstić information content (AvgIpc) is 2.16. The van der Waals surface area contributed by atoms with Crippen LogP contribution in [0.4, 0.5) is 5.69 Å². The maximum Gasteiger partial charge on any atom is 0.243 e. The second-order valence-corrected chi connectivity index (χ2v) is 3.79. The van der Waals surface area contributed by atoms with Crippen LogP contribution >= 0.6 is 0 Å². The Bertz CT molecular complexity index is 358. The molecule has 0 aliphatic carbocycles. The number of nitrogens with two attached hydrogens (primary N) is 1. The molecule has 5 nitrogen and oxygen atoms in total. The van der Waals surface area contributed by atoms with E-state index in [1.54, 1.807) is 32.0 Å². The molecule has 0 radical (unpaired) electrons. The van der Waals surface area contributed by atoms with Gasteiger partial charge in [-0.05, 0) is 26.0 Å². The predicted octanol–water partition coefficient (Wildman–Crippen LogP) is 1.21. The van der Waals surface area contributed by atoms with E-state index < -0.39 is 5.54 Å². The summed E-state index contributed by atoms with van der Waals surface area (Å²) >= 11 is 0. The van der Waals surface area contributed by atoms with E-state index in [-0.39, 0.29) is 11.7 Å². The minimum absolute atomic E-state index is 0.252. The zero-order valence-electron chi connectivity index (χ0n) is 8.65. The van der Waals surface area contributed by atoms with Crippen molar-refractivity contribution in [3.05, 3.63) is 24.3 Å². The average molecular weight is 210 g/mol. The highest BCUT2D eigenvalue weighted by Gasteiger charge is 2.21. The Kier molecular flexibility index (Phi) is 3.28. The third kappa shape index (κ3) is 3.23. The van der Waals surface area contributed by atoms with Crippen molar-refractivity contribution in [3.63, 3.8) is 0 Å². The van der Waals surface area contributed by atoms with E-state index in [9.17, 15) is 4.79 Å². The summed E-state index contributed by atoms with van der Waals surface area (Å²) < 4.78 is 0. The maximum absolute atomic E-state index is 11.5. The summed E-state index contributed by atoms with van der Waals surface area (Å²) in [4.78, 5) is 15.5. The lowest BCUT2D eigenvalue weighted by molar-refractivity contribution is -0.137. The number of carbonyl (C=O) groups is 1. The van der Waals surface area contributed by atoms with E-state index in [0.29, 0.717) is 5.69 Å². The van der Waals surface area contributed by atoms with E-state index in [1.807, 2.05) is 0 Å². The SMILES string of the molecule is CC(C)(N)C(=O)Nc1cccc(OO)c1. The van der Waals surface area contributed by atoms with Gasteiger partial charge in [0.2, 0.25) is 5.91 Å². The Morgan fingerprint density at radius 2 is 2.20 bits per heavy atom. The van der Waals surface area contributed by atoms with Gasteiger partial charge in [0, 0.05) is 11.8 Å². The molecular formula is C10H14N2O3. The van der Waals surface area contributed by atoms with E-state index in [4.69, 9.17) is 11.0 Å². The van der Waals surface area contributed by atoms with Crippen LogP contribution in [-0.4, -0.2) is 16.7 Å². The van der Waals surface area contributed by atoms with Gasteiger partial charge in [-0.25, -0.2) is 5.26 Å². The summed E-state index contributed by atoms with van der Waals surface area (Å²) in [6.07, 6.45) is 0. The molecule has 82 valence electrons. The van der Waals surface area contributed by atoms with Crippen LogP contribution in [-0.2, 0) is 4.79 Å². The van der Waals surface area contributed by atoms with Crippen LogP contribution in [0.2, 0.25) is 0 Å². The molecule has 0 bridgehead atoms. The van der Waals surface area contributed by atoms with Gasteiger partial charge < -0.3 is 15.9 Å². The second kappa shape index (κ2) is 4.29. The van der Waals surface area contributed by atoms with Crippen molar-refractivity contribution in [2.75, 3.05) is 5.32 Å². The van der Waals surface area contributed by atoms with Crippen LogP contribution in [0.3, 0.4) is 0 Å². The molecule has 0 atom stereocenters. The first-order valence-corrected chi connectivity index (χ1v) is 4.45. The van der Waals surface area contributed by atoms with Crippen molar-refractivity contribution >= 4 is 11.6 Å². The largest absolute Gasteiger partial charge is 0.340 e. The number of hydrogen-bond donors (Lipinski definition) is 3. The standard InChI is InChI=1S/C10H14N2O3/c1-10(2,11)9(13)12-7-4-3-5-8(6-7)15-14/h3-6,14H,11H2,1-2H3,(H,12,13). The second-order valence-electron chi connectivity index (χ2n) is 3.79. The quantitative estimate of drug-likeness (QED) is 0.517. The van der Waals surface area contributed by atoms with Gasteiger partial charge in [-0.1, -0.05) is 6.07 Å². The summed E-state index contributed by atoms with van der Waals surface area (Å²) in [6, 6.07) is 6.36. The van der Waals surface area contributed by atoms with Gasteiger partial charge in [-0.15, -0.1) is 0 Å². The van der Waals surface area contributed by atoms with Crippen molar-refractivity contribution in [3.8, 4) is 5.75 Å². The van der Waals surface area contributed by atoms with Crippen LogP contribution in [0, 0.1) is 0 Å². The zero-order valence-corrected chi connectivity index (χ0v) is 8.65. The van der Waals surface area contributed by atoms with Gasteiger partial charge in [0.05, 0.1) is 5.54 Å². The van der Waals surface area contributed by atoms with E-state index >= 15 is 0 Å². The number of amides is 1. The molecule has 0 spiro atoms. The summed E-state index contributed by atoms with van der Waals surface area (Å²) in [5.41, 5.74) is 5.17. The lowest BCUT2D eigenvalue weighted by Crippen LogP contribution is -2.45. The summed E-state index contributed by atoms with van der Waals surface area (Å²) in [5, 5.41) is 11.0. The van der Waals surface area contributed by atoms with Crippen LogP contribution in [0.1, 0.15) is 13.8 Å². The molecule has 0 aromatic heterocycles. The number of hydrogen-bond acceptors (Lipinski definition) is 4. The molecule has 5 heteroatoms. The number of anilines is 1. The number of rotatable bonds is 3. The Morgan fingerprint density at radius 1 is 1.53 bits per heavy atom. The van der Waals surface area contributed by atoms with Gasteiger partial charge in [0.15, 0.2) is 5.75 Å². The van der Waals surface area contributed by atoms with Crippen molar-refractivity contribution in [1.29, 1.82) is 0 Å². The normalized spacial score (nSPS) is 10.9. The molecule has 0 aliphatic rings. The van der Waals surface area contributed by atoms with Crippen LogP contribution in [0.15, 0.2) is 24.3 Å². The van der Waals surface area contributed by atoms with Gasteiger partial charge in [0.1, 0.15) is 0 Å². The van der Waals surface area contributed by atoms with Crippen LogP contribution < -0.4 is 15.9 Å². The molecule has 4 N–H and O–H groups in total. The summed E-state index contributed by atoms with van der Waals surface area (Å²) in [7, 11) is 0. The first-order chi connectivity index (χ1) is 6.93. The van der Waals surface area contributed by atoms with E-state index in [2.05, 4.69) is 10.2 Å². The predicted molar refractivity (Wildman–Crippen MR) is 56.6 cm³/mol. The Balaban J connectivity index is 2.77. The smallest absolute Gasteiger partial charge is 0.243 e. The van der Waals surface area contributed by atoms with E-state index in [0.717, 1.165) is 0 Å². The number of benzene rings is 1. The minimum atomic E-state index is -0.948. The van der Waals surface area contributed by atoms with Crippen molar-refractivity contribution in [2.45, 2.75) is 19.4 Å². The Hall–Kier alpha value is -1.59. The Labute approximate surface area is 87.8 Å². The topological polar surface area (TPSA) is 84.6 Å². The lowest BCUT2D eigenvalue weighted by Gasteiger charge is -2.17. The third-order valence-corrected chi connectivity index (χ3v) is 1.78. The molecule has 1 amide bonds. The molecule has 0 saturated heterocycles. The molecule has 0 fully saturated rings. The van der Waals surface area contributed by atoms with Gasteiger partial charge in [-0.3, -0.25) is 4.79 Å². The minimum Gasteiger partial charge on any atom is -0.340 e. The Morgan fingerprint density at radius 3 is 2.73 bits per heavy atom. The number of nitrogens with one attached hydrogen (secondary N) is 1. The molecule has 15 heavy (non-hydrogen) atoms. The van der Waals surface area contributed by atoms with Crippen LogP contribution in [0.25, 0.3) is 0 Å². The fourth-order valence-electron chi connectivity index (χ4n) is 0.923. The highest BCUT2D eigenvalue weighted by Crippen LogP contribution is 2.17. The summed E-state index contributed by atoms with van der Waals surface area (Å²) in [5.74, 6) is -0.0554. The van der Waals surface area contributed by atoms with E-state index in [1.165, 1.54) is 6.07 Å². The van der Waals surface area contributed by atoms with Gasteiger partial charge >= 0.3 is 0 Å². The molecule has 0 aliphatic heterocycles. The monoisotopic (exact) mass is 210 g/mol. The van der Waals surface area contributed by atoms with Crippen molar-refractivity contribution in [2.24, 2.45) is 5.73 Å². The first-order valence-electron chi connectivity index (χ1n) is 4.45.